The fourth-order valence-corrected chi connectivity index (χ4v) is 2.63. The molecular weight excluding hydrogens is 276 g/mol. The first-order valence-electron chi connectivity index (χ1n) is 7.27. The van der Waals surface area contributed by atoms with Gasteiger partial charge in [-0.2, -0.15) is 0 Å². The molecule has 3 rings (SSSR count). The minimum Gasteiger partial charge on any atom is -0.495 e. The van der Waals surface area contributed by atoms with Crippen LogP contribution in [0, 0.1) is 0 Å². The Kier molecular flexibility index (Phi) is 3.67. The molecule has 0 spiro atoms. The second kappa shape index (κ2) is 5.64. The number of aromatic nitrogens is 2. The Morgan fingerprint density at radius 3 is 2.64 bits per heavy atom. The first-order valence-corrected chi connectivity index (χ1v) is 7.27. The number of ether oxygens (including phenoxy) is 1. The number of nitrogens with zero attached hydrogens (tertiary/aromatic N) is 2. The lowest BCUT2D eigenvalue weighted by Gasteiger charge is -2.15. The predicted molar refractivity (Wildman–Crippen MR) is 88.0 cm³/mol. The molecule has 0 amide bonds. The van der Waals surface area contributed by atoms with E-state index in [-0.39, 0.29) is 11.5 Å². The van der Waals surface area contributed by atoms with Crippen LogP contribution in [-0.2, 0) is 0 Å². The van der Waals surface area contributed by atoms with Crippen LogP contribution in [0.25, 0.3) is 16.6 Å². The van der Waals surface area contributed by atoms with E-state index in [9.17, 15) is 4.79 Å². The molecule has 2 heterocycles. The third-order valence-corrected chi connectivity index (χ3v) is 3.77. The molecule has 22 heavy (non-hydrogen) atoms. The normalized spacial score (nSPS) is 11.1. The average Bonchev–Trinajstić information content (AvgIpc) is 2.55. The van der Waals surface area contributed by atoms with Crippen LogP contribution in [0.15, 0.2) is 53.6 Å². The summed E-state index contributed by atoms with van der Waals surface area (Å²) in [7, 11) is 1.61. The summed E-state index contributed by atoms with van der Waals surface area (Å²) < 4.78 is 7.04. The lowest BCUT2D eigenvalue weighted by molar-refractivity contribution is 0.412. The van der Waals surface area contributed by atoms with Crippen LogP contribution in [0.4, 0.5) is 0 Å². The van der Waals surface area contributed by atoms with E-state index in [0.717, 1.165) is 16.8 Å². The van der Waals surface area contributed by atoms with Gasteiger partial charge in [0.05, 0.1) is 23.7 Å². The van der Waals surface area contributed by atoms with Gasteiger partial charge in [-0.05, 0) is 35.7 Å². The molecule has 2 aromatic heterocycles. The number of pyridine rings is 2. The number of rotatable bonds is 3. The van der Waals surface area contributed by atoms with Gasteiger partial charge < -0.3 is 4.74 Å². The van der Waals surface area contributed by atoms with Crippen molar-refractivity contribution < 1.29 is 4.74 Å². The second-order valence-corrected chi connectivity index (χ2v) is 5.49. The maximum atomic E-state index is 12.8. The van der Waals surface area contributed by atoms with Crippen LogP contribution in [0.5, 0.6) is 5.75 Å². The highest BCUT2D eigenvalue weighted by molar-refractivity contribution is 5.81. The van der Waals surface area contributed by atoms with Gasteiger partial charge in [-0.25, -0.2) is 0 Å². The first kappa shape index (κ1) is 14.3. The minimum atomic E-state index is -0.0861. The fraction of sp³-hybridized carbons (Fsp3) is 0.222. The molecule has 0 bridgehead atoms. The molecule has 0 unspecified atom stereocenters. The van der Waals surface area contributed by atoms with E-state index in [2.05, 4.69) is 18.8 Å². The molecule has 0 fully saturated rings. The maximum absolute atomic E-state index is 12.8. The van der Waals surface area contributed by atoms with Crippen molar-refractivity contribution in [3.8, 4) is 11.4 Å². The fourth-order valence-electron chi connectivity index (χ4n) is 2.63. The summed E-state index contributed by atoms with van der Waals surface area (Å²) in [5.41, 5.74) is 2.47. The monoisotopic (exact) mass is 294 g/mol. The van der Waals surface area contributed by atoms with E-state index in [0.29, 0.717) is 11.1 Å². The Hall–Kier alpha value is -2.62. The van der Waals surface area contributed by atoms with Crippen LogP contribution in [0.3, 0.4) is 0 Å². The number of benzene rings is 1. The summed E-state index contributed by atoms with van der Waals surface area (Å²) >= 11 is 0. The Balaban J connectivity index is 2.40. The SMILES string of the molecule is COc1ccccc1-n1cc(C(C)C)c2ncccc2c1=O. The zero-order valence-electron chi connectivity index (χ0n) is 12.9. The van der Waals surface area contributed by atoms with Gasteiger partial charge in [0.15, 0.2) is 0 Å². The van der Waals surface area contributed by atoms with Gasteiger partial charge in [-0.15, -0.1) is 0 Å². The van der Waals surface area contributed by atoms with Gasteiger partial charge in [0.25, 0.3) is 5.56 Å². The van der Waals surface area contributed by atoms with Crippen molar-refractivity contribution >= 4 is 10.9 Å². The topological polar surface area (TPSA) is 44.1 Å². The van der Waals surface area contributed by atoms with Gasteiger partial charge in [0.1, 0.15) is 5.75 Å². The van der Waals surface area contributed by atoms with Crippen LogP contribution < -0.4 is 10.3 Å². The van der Waals surface area contributed by atoms with Crippen molar-refractivity contribution in [3.05, 3.63) is 64.7 Å². The van der Waals surface area contributed by atoms with Gasteiger partial charge in [0.2, 0.25) is 0 Å². The van der Waals surface area contributed by atoms with E-state index < -0.39 is 0 Å². The molecular formula is C18H18N2O2. The lowest BCUT2D eigenvalue weighted by atomic mass is 10.0. The molecule has 0 saturated carbocycles. The summed E-state index contributed by atoms with van der Waals surface area (Å²) in [6, 6.07) is 11.1. The average molecular weight is 294 g/mol. The Morgan fingerprint density at radius 1 is 1.14 bits per heavy atom. The van der Waals surface area contributed by atoms with Crippen LogP contribution in [-0.4, -0.2) is 16.7 Å². The van der Waals surface area contributed by atoms with Gasteiger partial charge in [-0.3, -0.25) is 14.3 Å². The van der Waals surface area contributed by atoms with Gasteiger partial charge in [-0.1, -0.05) is 26.0 Å². The quantitative estimate of drug-likeness (QED) is 0.742. The van der Waals surface area contributed by atoms with E-state index in [1.807, 2.05) is 36.5 Å². The highest BCUT2D eigenvalue weighted by atomic mass is 16.5. The predicted octanol–water partition coefficient (Wildman–Crippen LogP) is 3.52. The van der Waals surface area contributed by atoms with Crippen molar-refractivity contribution in [2.75, 3.05) is 7.11 Å². The van der Waals surface area contributed by atoms with E-state index in [4.69, 9.17) is 4.74 Å². The van der Waals surface area contributed by atoms with Crippen molar-refractivity contribution in [3.63, 3.8) is 0 Å². The van der Waals surface area contributed by atoms with Gasteiger partial charge in [0, 0.05) is 12.4 Å². The summed E-state index contributed by atoms with van der Waals surface area (Å²) in [5, 5.41) is 0.625. The number of hydrogen-bond acceptors (Lipinski definition) is 3. The second-order valence-electron chi connectivity index (χ2n) is 5.49. The Morgan fingerprint density at radius 2 is 1.91 bits per heavy atom. The largest absolute Gasteiger partial charge is 0.495 e. The van der Waals surface area contributed by atoms with Crippen LogP contribution >= 0.6 is 0 Å². The zero-order valence-corrected chi connectivity index (χ0v) is 12.9. The number of para-hydroxylation sites is 2. The molecule has 0 radical (unpaired) electrons. The highest BCUT2D eigenvalue weighted by Gasteiger charge is 2.15. The smallest absolute Gasteiger partial charge is 0.264 e. The third-order valence-electron chi connectivity index (χ3n) is 3.77. The lowest BCUT2D eigenvalue weighted by Crippen LogP contribution is -2.20. The molecule has 0 aliphatic carbocycles. The number of methoxy groups -OCH3 is 1. The molecule has 1 aromatic carbocycles. The molecule has 112 valence electrons. The third kappa shape index (κ3) is 2.26. The number of hydrogen-bond donors (Lipinski definition) is 0. The van der Waals surface area contributed by atoms with Crippen LogP contribution in [0.2, 0.25) is 0 Å². The zero-order chi connectivity index (χ0) is 15.7. The van der Waals surface area contributed by atoms with Crippen molar-refractivity contribution in [2.45, 2.75) is 19.8 Å². The van der Waals surface area contributed by atoms with Crippen LogP contribution in [0.1, 0.15) is 25.3 Å². The number of fused-ring (bicyclic) bond motifs is 1. The molecule has 0 aliphatic heterocycles. The van der Waals surface area contributed by atoms with Crippen molar-refractivity contribution in [1.29, 1.82) is 0 Å². The van der Waals surface area contributed by atoms with Gasteiger partial charge >= 0.3 is 0 Å². The highest BCUT2D eigenvalue weighted by Crippen LogP contribution is 2.26. The molecule has 0 aliphatic rings. The molecule has 4 heteroatoms. The van der Waals surface area contributed by atoms with Crippen molar-refractivity contribution in [1.82, 2.24) is 9.55 Å². The van der Waals surface area contributed by atoms with E-state index >= 15 is 0 Å². The standard InChI is InChI=1S/C18H18N2O2/c1-12(2)14-11-20(15-8-4-5-9-16(15)22-3)18(21)13-7-6-10-19-17(13)14/h4-12H,1-3H3. The molecule has 0 N–H and O–H groups in total. The molecule has 0 atom stereocenters. The van der Waals surface area contributed by atoms with E-state index in [1.165, 1.54) is 0 Å². The summed E-state index contributed by atoms with van der Waals surface area (Å²) in [4.78, 5) is 17.2. The Bertz CT molecular complexity index is 882. The molecule has 3 aromatic rings. The molecule has 4 nitrogen and oxygen atoms in total. The maximum Gasteiger partial charge on any atom is 0.264 e. The van der Waals surface area contributed by atoms with Crippen molar-refractivity contribution in [2.24, 2.45) is 0 Å². The first-order chi connectivity index (χ1) is 10.6. The summed E-state index contributed by atoms with van der Waals surface area (Å²) in [5.74, 6) is 0.932. The summed E-state index contributed by atoms with van der Waals surface area (Å²) in [6.07, 6.45) is 3.60. The minimum absolute atomic E-state index is 0.0861. The summed E-state index contributed by atoms with van der Waals surface area (Å²) in [6.45, 7) is 4.20. The van der Waals surface area contributed by atoms with E-state index in [1.54, 1.807) is 23.9 Å². The molecule has 0 saturated heterocycles. The Labute approximate surface area is 129 Å².